The van der Waals surface area contributed by atoms with Crippen molar-refractivity contribution in [1.82, 2.24) is 9.97 Å². The van der Waals surface area contributed by atoms with Crippen molar-refractivity contribution in [1.29, 1.82) is 5.26 Å². The maximum Gasteiger partial charge on any atom is 0.232 e. The van der Waals surface area contributed by atoms with Crippen molar-refractivity contribution in [2.75, 3.05) is 15.8 Å². The minimum absolute atomic E-state index is 0.0418. The molecule has 4 rings (SSSR count). The van der Waals surface area contributed by atoms with Gasteiger partial charge in [0.15, 0.2) is 0 Å². The molecule has 148 valence electrons. The summed E-state index contributed by atoms with van der Waals surface area (Å²) >= 11 is 0. The van der Waals surface area contributed by atoms with Crippen molar-refractivity contribution in [2.45, 2.75) is 19.8 Å². The number of carbonyl (C=O) groups is 1. The lowest BCUT2D eigenvalue weighted by Crippen LogP contribution is -2.15. The van der Waals surface area contributed by atoms with E-state index < -0.39 is 10.0 Å². The molecule has 0 aliphatic heterocycles. The highest BCUT2D eigenvalue weighted by molar-refractivity contribution is 7.92. The summed E-state index contributed by atoms with van der Waals surface area (Å²) in [4.78, 5) is 19.6. The molecule has 29 heavy (non-hydrogen) atoms. The minimum atomic E-state index is -3.45. The summed E-state index contributed by atoms with van der Waals surface area (Å²) in [6.07, 6.45) is 3.51. The number of nitriles is 1. The number of nitrogens with one attached hydrogen (secondary N) is 3. The van der Waals surface area contributed by atoms with Gasteiger partial charge in [-0.15, -0.1) is 0 Å². The van der Waals surface area contributed by atoms with E-state index in [1.165, 1.54) is 6.07 Å². The first-order valence-corrected chi connectivity index (χ1v) is 10.9. The lowest BCUT2D eigenvalue weighted by Gasteiger charge is -2.12. The van der Waals surface area contributed by atoms with Gasteiger partial charge in [0.1, 0.15) is 11.5 Å². The molecule has 3 aromatic rings. The highest BCUT2D eigenvalue weighted by atomic mass is 32.2. The normalized spacial score (nSPS) is 13.8. The number of pyridine rings is 1. The molecule has 1 fully saturated rings. The lowest BCUT2D eigenvalue weighted by molar-refractivity contribution is -0.117. The largest absolute Gasteiger partial charge is 0.346 e. The Bertz CT molecular complexity index is 1250. The summed E-state index contributed by atoms with van der Waals surface area (Å²) in [5, 5.41) is 13.3. The van der Waals surface area contributed by atoms with Crippen LogP contribution < -0.4 is 10.0 Å². The van der Waals surface area contributed by atoms with Crippen molar-refractivity contribution < 1.29 is 13.2 Å². The van der Waals surface area contributed by atoms with E-state index in [0.717, 1.165) is 23.8 Å². The fourth-order valence-electron chi connectivity index (χ4n) is 3.09. The molecule has 1 saturated carbocycles. The fourth-order valence-corrected chi connectivity index (χ4v) is 3.72. The number of aromatic nitrogens is 2. The molecule has 8 nitrogen and oxygen atoms in total. The van der Waals surface area contributed by atoms with Crippen molar-refractivity contribution in [2.24, 2.45) is 5.92 Å². The third kappa shape index (κ3) is 3.93. The van der Waals surface area contributed by atoms with Crippen LogP contribution in [-0.4, -0.2) is 30.0 Å². The number of hydrogen-bond acceptors (Lipinski definition) is 5. The van der Waals surface area contributed by atoms with E-state index >= 15 is 0 Å². The van der Waals surface area contributed by atoms with Gasteiger partial charge in [0.25, 0.3) is 0 Å². The van der Waals surface area contributed by atoms with Gasteiger partial charge in [-0.25, -0.2) is 13.4 Å². The Morgan fingerprint density at radius 3 is 2.76 bits per heavy atom. The highest BCUT2D eigenvalue weighted by Crippen LogP contribution is 2.35. The predicted octanol–water partition coefficient (Wildman–Crippen LogP) is 3.21. The van der Waals surface area contributed by atoms with Crippen LogP contribution in [0.15, 0.2) is 36.5 Å². The Morgan fingerprint density at radius 2 is 2.07 bits per heavy atom. The molecule has 1 aliphatic carbocycles. The van der Waals surface area contributed by atoms with Crippen LogP contribution in [0, 0.1) is 17.2 Å². The van der Waals surface area contributed by atoms with Gasteiger partial charge in [0.05, 0.1) is 17.4 Å². The Hall–Kier alpha value is -3.38. The average molecular weight is 409 g/mol. The van der Waals surface area contributed by atoms with Crippen molar-refractivity contribution >= 4 is 38.5 Å². The molecule has 9 heteroatoms. The van der Waals surface area contributed by atoms with E-state index in [1.807, 2.05) is 6.07 Å². The second-order valence-electron chi connectivity index (χ2n) is 6.94. The third-order valence-electron chi connectivity index (χ3n) is 4.81. The number of sulfonamides is 1. The molecular formula is C20H19N5O3S. The number of aromatic amines is 1. The second kappa shape index (κ2) is 7.22. The van der Waals surface area contributed by atoms with E-state index in [9.17, 15) is 18.5 Å². The maximum atomic E-state index is 12.1. The number of anilines is 2. The average Bonchev–Trinajstić information content (AvgIpc) is 3.45. The Morgan fingerprint density at radius 1 is 1.28 bits per heavy atom. The summed E-state index contributed by atoms with van der Waals surface area (Å²) in [5.41, 5.74) is 2.58. The molecule has 0 bridgehead atoms. The SMILES string of the molecule is CCS(=O)(=O)Nc1ccc(-c2cc(NC(=O)C3CC3)nc3[nH]ccc23)c(C#N)c1. The van der Waals surface area contributed by atoms with Crippen LogP contribution in [-0.2, 0) is 14.8 Å². The number of hydrogen-bond donors (Lipinski definition) is 3. The molecule has 1 amide bonds. The summed E-state index contributed by atoms with van der Waals surface area (Å²) in [5.74, 6) is 0.334. The van der Waals surface area contributed by atoms with Crippen LogP contribution >= 0.6 is 0 Å². The monoisotopic (exact) mass is 409 g/mol. The van der Waals surface area contributed by atoms with Gasteiger partial charge in [0, 0.05) is 28.8 Å². The van der Waals surface area contributed by atoms with Crippen LogP contribution in [0.1, 0.15) is 25.3 Å². The Labute approximate surface area is 168 Å². The number of carbonyl (C=O) groups excluding carboxylic acids is 1. The van der Waals surface area contributed by atoms with Gasteiger partial charge < -0.3 is 10.3 Å². The standard InChI is InChI=1S/C20H19N5O3S/c1-2-29(27,28)25-14-5-6-15(13(9-14)11-21)17-10-18(24-20(26)12-3-4-12)23-19-16(17)7-8-22-19/h5-10,12,25H,2-4H2,1H3,(H2,22,23,24,26). The number of nitrogens with zero attached hydrogens (tertiary/aromatic N) is 2. The van der Waals surface area contributed by atoms with Gasteiger partial charge in [-0.2, -0.15) is 5.26 Å². The zero-order chi connectivity index (χ0) is 20.6. The van der Waals surface area contributed by atoms with Gasteiger partial charge in [-0.1, -0.05) is 6.07 Å². The van der Waals surface area contributed by atoms with Crippen LogP contribution in [0.4, 0.5) is 11.5 Å². The first-order chi connectivity index (χ1) is 13.9. The van der Waals surface area contributed by atoms with Crippen LogP contribution in [0.3, 0.4) is 0 Å². The van der Waals surface area contributed by atoms with Gasteiger partial charge in [-0.05, 0) is 49.6 Å². The molecule has 0 unspecified atom stereocenters. The molecule has 1 aromatic carbocycles. The van der Waals surface area contributed by atoms with E-state index in [0.29, 0.717) is 28.3 Å². The smallest absolute Gasteiger partial charge is 0.232 e. The molecule has 0 spiro atoms. The molecule has 3 N–H and O–H groups in total. The summed E-state index contributed by atoms with van der Waals surface area (Å²) in [6, 6.07) is 10.5. The van der Waals surface area contributed by atoms with Crippen molar-refractivity contribution in [3.8, 4) is 17.2 Å². The van der Waals surface area contributed by atoms with Gasteiger partial charge in [0.2, 0.25) is 15.9 Å². The zero-order valence-electron chi connectivity index (χ0n) is 15.7. The molecule has 1 aliphatic rings. The second-order valence-corrected chi connectivity index (χ2v) is 8.95. The van der Waals surface area contributed by atoms with Crippen molar-refractivity contribution in [3.63, 3.8) is 0 Å². The molecular weight excluding hydrogens is 390 g/mol. The first-order valence-electron chi connectivity index (χ1n) is 9.24. The third-order valence-corrected chi connectivity index (χ3v) is 6.12. The molecule has 0 atom stereocenters. The quantitative estimate of drug-likeness (QED) is 0.576. The van der Waals surface area contributed by atoms with Gasteiger partial charge in [-0.3, -0.25) is 9.52 Å². The maximum absolute atomic E-state index is 12.1. The predicted molar refractivity (Wildman–Crippen MR) is 111 cm³/mol. The first kappa shape index (κ1) is 19.0. The molecule has 0 saturated heterocycles. The van der Waals surface area contributed by atoms with Crippen LogP contribution in [0.2, 0.25) is 0 Å². The van der Waals surface area contributed by atoms with E-state index in [1.54, 1.807) is 31.3 Å². The van der Waals surface area contributed by atoms with E-state index in [-0.39, 0.29) is 17.6 Å². The fraction of sp³-hybridized carbons (Fsp3) is 0.250. The topological polar surface area (TPSA) is 128 Å². The van der Waals surface area contributed by atoms with Crippen LogP contribution in [0.5, 0.6) is 0 Å². The number of H-pyrrole nitrogens is 1. The number of amides is 1. The summed E-state index contributed by atoms with van der Waals surface area (Å²) in [7, 11) is -3.45. The molecule has 0 radical (unpaired) electrons. The zero-order valence-corrected chi connectivity index (χ0v) is 16.5. The summed E-state index contributed by atoms with van der Waals surface area (Å²) in [6.45, 7) is 1.54. The van der Waals surface area contributed by atoms with Crippen LogP contribution in [0.25, 0.3) is 22.2 Å². The number of rotatable bonds is 6. The Balaban J connectivity index is 1.78. The summed E-state index contributed by atoms with van der Waals surface area (Å²) < 4.78 is 26.1. The number of fused-ring (bicyclic) bond motifs is 1. The van der Waals surface area contributed by atoms with E-state index in [4.69, 9.17) is 0 Å². The highest BCUT2D eigenvalue weighted by Gasteiger charge is 2.30. The van der Waals surface area contributed by atoms with Crippen molar-refractivity contribution in [3.05, 3.63) is 42.1 Å². The Kier molecular flexibility index (Phi) is 4.72. The van der Waals surface area contributed by atoms with Gasteiger partial charge >= 0.3 is 0 Å². The molecule has 2 heterocycles. The van der Waals surface area contributed by atoms with E-state index in [2.05, 4.69) is 26.1 Å². The number of benzene rings is 1. The minimum Gasteiger partial charge on any atom is -0.346 e. The molecule has 2 aromatic heterocycles. The lowest BCUT2D eigenvalue weighted by atomic mass is 9.98.